The summed E-state index contributed by atoms with van der Waals surface area (Å²) in [5.41, 5.74) is -4.12. The van der Waals surface area contributed by atoms with Crippen LogP contribution in [0.15, 0.2) is 0 Å². The summed E-state index contributed by atoms with van der Waals surface area (Å²) in [6.45, 7) is 19.4. The van der Waals surface area contributed by atoms with E-state index >= 15 is 0 Å². The zero-order valence-electron chi connectivity index (χ0n) is 32.0. The summed E-state index contributed by atoms with van der Waals surface area (Å²) >= 11 is 0. The third-order valence-electron chi connectivity index (χ3n) is 12.3. The molecule has 3 fully saturated rings. The molecule has 3 saturated heterocycles. The normalized spacial score (nSPS) is 51.2. The highest BCUT2D eigenvalue weighted by Gasteiger charge is 2.55. The first-order valence-corrected chi connectivity index (χ1v) is 18.2. The number of Topliss-reactive ketones (excluding diaryl/α,β-unsaturated/α-hetero) is 1. The number of methoxy groups -OCH3 is 2. The van der Waals surface area contributed by atoms with Crippen LogP contribution in [-0.4, -0.2) is 118 Å². The second-order valence-corrected chi connectivity index (χ2v) is 16.2. The average molecular weight is 703 g/mol. The van der Waals surface area contributed by atoms with E-state index < -0.39 is 101 Å². The van der Waals surface area contributed by atoms with Crippen LogP contribution in [0.1, 0.15) is 102 Å². The van der Waals surface area contributed by atoms with Gasteiger partial charge in [-0.05, 0) is 65.7 Å². The molecule has 12 nitrogen and oxygen atoms in total. The Morgan fingerprint density at radius 3 is 1.98 bits per heavy atom. The molecule has 4 N–H and O–H groups in total. The third-order valence-corrected chi connectivity index (χ3v) is 12.3. The molecular formula is C37H66O12. The number of rotatable bonds is 6. The topological polar surface area (TPSA) is 170 Å². The summed E-state index contributed by atoms with van der Waals surface area (Å²) in [4.78, 5) is 28.2. The van der Waals surface area contributed by atoms with E-state index in [2.05, 4.69) is 0 Å². The molecule has 18 atom stereocenters. The second-order valence-electron chi connectivity index (χ2n) is 16.2. The average Bonchev–Trinajstić information content (AvgIpc) is 3.04. The van der Waals surface area contributed by atoms with Gasteiger partial charge < -0.3 is 48.8 Å². The molecule has 0 aromatic rings. The number of aliphatic hydroxyl groups is 4. The Bertz CT molecular complexity index is 1120. The van der Waals surface area contributed by atoms with Crippen LogP contribution in [-0.2, 0) is 38.0 Å². The standard InChI is InChI=1S/C37H66O12/c1-14-26-37(11,43)30(40)23(7)28(38)19(3)16-36(10,45-13)32(49-34-29(39)18(2)15-20(4)46-34)21(5)27(22(6)33(42)48-26)25-17-35(9,44-12)31(41)24(8)47-25/h18-27,29-32,34,39-41,43H,14-17H2,1-13H3/t18-,19+,20+,21-,22+,23-,24-,25?,26+,27-,29+,30+,31-,32+,34-,35+,36+,37+/m0/s1. The first-order chi connectivity index (χ1) is 22.6. The van der Waals surface area contributed by atoms with Gasteiger partial charge in [0.15, 0.2) is 6.29 Å². The summed E-state index contributed by atoms with van der Waals surface area (Å²) in [5, 5.41) is 45.4. The Labute approximate surface area is 293 Å². The van der Waals surface area contributed by atoms with Gasteiger partial charge in [-0.25, -0.2) is 0 Å². The molecule has 0 aromatic carbocycles. The summed E-state index contributed by atoms with van der Waals surface area (Å²) in [5.74, 6) is -4.75. The van der Waals surface area contributed by atoms with Crippen LogP contribution >= 0.6 is 0 Å². The molecule has 0 spiro atoms. The van der Waals surface area contributed by atoms with E-state index in [1.807, 2.05) is 34.6 Å². The van der Waals surface area contributed by atoms with Crippen LogP contribution in [0.4, 0.5) is 0 Å². The Hall–Kier alpha value is -1.22. The molecule has 286 valence electrons. The fourth-order valence-electron chi connectivity index (χ4n) is 8.89. The van der Waals surface area contributed by atoms with Crippen molar-refractivity contribution in [1.82, 2.24) is 0 Å². The predicted octanol–water partition coefficient (Wildman–Crippen LogP) is 3.42. The lowest BCUT2D eigenvalue weighted by atomic mass is 9.67. The van der Waals surface area contributed by atoms with Crippen molar-refractivity contribution in [1.29, 1.82) is 0 Å². The fourth-order valence-corrected chi connectivity index (χ4v) is 8.89. The molecule has 49 heavy (non-hydrogen) atoms. The van der Waals surface area contributed by atoms with Gasteiger partial charge in [-0.2, -0.15) is 0 Å². The molecule has 3 aliphatic rings. The van der Waals surface area contributed by atoms with E-state index in [1.165, 1.54) is 21.1 Å². The Balaban J connectivity index is 2.26. The lowest BCUT2D eigenvalue weighted by Crippen LogP contribution is -2.62. The minimum Gasteiger partial charge on any atom is -0.459 e. The van der Waals surface area contributed by atoms with E-state index in [9.17, 15) is 30.0 Å². The zero-order chi connectivity index (χ0) is 37.4. The van der Waals surface area contributed by atoms with Crippen LogP contribution in [0, 0.1) is 35.5 Å². The number of cyclic esters (lactones) is 1. The van der Waals surface area contributed by atoms with Crippen LogP contribution in [0.2, 0.25) is 0 Å². The number of esters is 1. The Morgan fingerprint density at radius 2 is 1.43 bits per heavy atom. The van der Waals surface area contributed by atoms with Crippen molar-refractivity contribution in [2.45, 2.75) is 174 Å². The van der Waals surface area contributed by atoms with Crippen molar-refractivity contribution in [3.05, 3.63) is 0 Å². The highest BCUT2D eigenvalue weighted by Crippen LogP contribution is 2.46. The van der Waals surface area contributed by atoms with Crippen LogP contribution < -0.4 is 0 Å². The maximum atomic E-state index is 14.2. The molecule has 0 radical (unpaired) electrons. The number of carbonyl (C=O) groups is 2. The third kappa shape index (κ3) is 8.54. The first kappa shape index (κ1) is 42.2. The lowest BCUT2D eigenvalue weighted by molar-refractivity contribution is -0.304. The van der Waals surface area contributed by atoms with Gasteiger partial charge >= 0.3 is 5.97 Å². The zero-order valence-corrected chi connectivity index (χ0v) is 32.0. The summed E-state index contributed by atoms with van der Waals surface area (Å²) in [6.07, 6.45) is -6.70. The molecule has 12 heteroatoms. The Kier molecular flexibility index (Phi) is 14.0. The highest BCUT2D eigenvalue weighted by atomic mass is 16.7. The molecular weight excluding hydrogens is 636 g/mol. The van der Waals surface area contributed by atoms with Gasteiger partial charge in [-0.15, -0.1) is 0 Å². The van der Waals surface area contributed by atoms with E-state index in [1.54, 1.807) is 34.6 Å². The highest BCUT2D eigenvalue weighted by molar-refractivity contribution is 5.83. The van der Waals surface area contributed by atoms with E-state index in [4.69, 9.17) is 28.4 Å². The molecule has 0 amide bonds. The van der Waals surface area contributed by atoms with E-state index in [0.29, 0.717) is 6.42 Å². The molecule has 0 saturated carbocycles. The molecule has 3 rings (SSSR count). The second kappa shape index (κ2) is 16.2. The predicted molar refractivity (Wildman–Crippen MR) is 181 cm³/mol. The van der Waals surface area contributed by atoms with Gasteiger partial charge in [-0.1, -0.05) is 41.5 Å². The summed E-state index contributed by atoms with van der Waals surface area (Å²) in [6, 6.07) is 0. The van der Waals surface area contributed by atoms with Gasteiger partial charge in [0.05, 0.1) is 47.6 Å². The molecule has 3 aliphatic heterocycles. The number of ketones is 1. The number of ether oxygens (including phenoxy) is 6. The largest absolute Gasteiger partial charge is 0.459 e. The molecule has 3 heterocycles. The minimum atomic E-state index is -1.93. The number of hydrogen-bond donors (Lipinski definition) is 4. The van der Waals surface area contributed by atoms with Gasteiger partial charge in [0.2, 0.25) is 0 Å². The van der Waals surface area contributed by atoms with Gasteiger partial charge in [-0.3, -0.25) is 9.59 Å². The maximum Gasteiger partial charge on any atom is 0.309 e. The monoisotopic (exact) mass is 702 g/mol. The van der Waals surface area contributed by atoms with Gasteiger partial charge in [0, 0.05) is 38.4 Å². The molecule has 1 unspecified atom stereocenters. The van der Waals surface area contributed by atoms with Gasteiger partial charge in [0.1, 0.15) is 29.7 Å². The number of carbonyl (C=O) groups excluding carboxylic acids is 2. The number of aliphatic hydroxyl groups excluding tert-OH is 3. The van der Waals surface area contributed by atoms with Crippen molar-refractivity contribution >= 4 is 11.8 Å². The van der Waals surface area contributed by atoms with Crippen LogP contribution in [0.25, 0.3) is 0 Å². The molecule has 0 bridgehead atoms. The van der Waals surface area contributed by atoms with Crippen molar-refractivity contribution < 1.29 is 58.4 Å². The maximum absolute atomic E-state index is 14.2. The summed E-state index contributed by atoms with van der Waals surface area (Å²) < 4.78 is 37.6. The van der Waals surface area contributed by atoms with Crippen molar-refractivity contribution in [3.63, 3.8) is 0 Å². The smallest absolute Gasteiger partial charge is 0.309 e. The molecule has 0 aromatic heterocycles. The fraction of sp³-hybridized carbons (Fsp3) is 0.946. The van der Waals surface area contributed by atoms with Crippen LogP contribution in [0.3, 0.4) is 0 Å². The quantitative estimate of drug-likeness (QED) is 0.298. The summed E-state index contributed by atoms with van der Waals surface area (Å²) in [7, 11) is 3.07. The van der Waals surface area contributed by atoms with Crippen molar-refractivity contribution in [3.8, 4) is 0 Å². The van der Waals surface area contributed by atoms with Gasteiger partial charge in [0.25, 0.3) is 0 Å². The van der Waals surface area contributed by atoms with Crippen molar-refractivity contribution in [2.24, 2.45) is 35.5 Å². The minimum absolute atomic E-state index is 0.117. The van der Waals surface area contributed by atoms with Crippen LogP contribution in [0.5, 0.6) is 0 Å². The SMILES string of the molecule is CC[C@H]1OC(=O)[C@H](C)[C@@H](C2C[C@@](C)(OC)[C@@H](O)[C@H](C)O2)[C@H](C)[C@@H](O[C@@H]2O[C@H](C)C[C@H](C)[C@H]2O)[C@](C)(OC)C[C@@H](C)C(=O)[C@H](C)[C@@H](O)[C@]1(C)O. The molecule has 0 aliphatic carbocycles. The number of hydrogen-bond acceptors (Lipinski definition) is 12. The van der Waals surface area contributed by atoms with E-state index in [-0.39, 0.29) is 37.1 Å². The Morgan fingerprint density at radius 1 is 0.837 bits per heavy atom. The van der Waals surface area contributed by atoms with Crippen molar-refractivity contribution in [2.75, 3.05) is 14.2 Å². The first-order valence-electron chi connectivity index (χ1n) is 18.2. The lowest BCUT2D eigenvalue weighted by Gasteiger charge is -2.52. The van der Waals surface area contributed by atoms with E-state index in [0.717, 1.165) is 0 Å².